The number of imidazole rings is 3. The summed E-state index contributed by atoms with van der Waals surface area (Å²) in [5.74, 6) is -0.760. The molecule has 0 spiro atoms. The van der Waals surface area contributed by atoms with Crippen LogP contribution in [0.15, 0.2) is 195 Å². The third-order valence-electron chi connectivity index (χ3n) is 9.57. The maximum atomic E-state index is 12.4. The summed E-state index contributed by atoms with van der Waals surface area (Å²) in [5, 5.41) is 9.44. The molecule has 0 saturated carbocycles. The number of amides is 3. The lowest BCUT2D eigenvalue weighted by atomic mass is 10.1. The van der Waals surface area contributed by atoms with Gasteiger partial charge in [0.05, 0.1) is 15.7 Å². The molecule has 10 aromatic rings. The average molecular weight is 883 g/mol. The highest BCUT2D eigenvalue weighted by molar-refractivity contribution is 6.34. The van der Waals surface area contributed by atoms with Crippen molar-refractivity contribution >= 4 is 81.0 Å². The molecule has 0 saturated heterocycles. The number of fused-ring (bicyclic) bond motifs is 3. The first-order valence-electron chi connectivity index (χ1n) is 19.8. The summed E-state index contributed by atoms with van der Waals surface area (Å²) in [6.07, 6.45) is 12.4. The lowest BCUT2D eigenvalue weighted by molar-refractivity contribution is 0.101. The molecule has 64 heavy (non-hydrogen) atoms. The molecule has 4 aromatic carbocycles. The second-order valence-corrected chi connectivity index (χ2v) is 14.9. The van der Waals surface area contributed by atoms with Gasteiger partial charge in [-0.15, -0.1) is 0 Å². The molecule has 0 aliphatic carbocycles. The molecule has 0 aliphatic rings. The monoisotopic (exact) mass is 881 g/mol. The quantitative estimate of drug-likeness (QED) is 0.139. The molecule has 0 bridgehead atoms. The Morgan fingerprint density at radius 1 is 0.453 bits per heavy atom. The molecule has 12 nitrogen and oxygen atoms in total. The van der Waals surface area contributed by atoms with E-state index in [-0.39, 0.29) is 17.7 Å². The number of benzene rings is 4. The molecule has 10 rings (SSSR count). The van der Waals surface area contributed by atoms with Gasteiger partial charge in [-0.3, -0.25) is 14.4 Å². The van der Waals surface area contributed by atoms with Crippen LogP contribution in [0, 0.1) is 0 Å². The van der Waals surface area contributed by atoms with Crippen LogP contribution >= 0.6 is 23.2 Å². The van der Waals surface area contributed by atoms with Crippen molar-refractivity contribution in [2.45, 2.75) is 0 Å². The van der Waals surface area contributed by atoms with Gasteiger partial charge in [0.15, 0.2) is 0 Å². The first-order valence-corrected chi connectivity index (χ1v) is 20.5. The van der Waals surface area contributed by atoms with E-state index >= 15 is 0 Å². The molecule has 0 aliphatic heterocycles. The number of nitrogens with zero attached hydrogens (tertiary/aromatic N) is 6. The van der Waals surface area contributed by atoms with Crippen molar-refractivity contribution in [3.05, 3.63) is 228 Å². The number of carbonyl (C=O) groups excluding carboxylic acids is 3. The number of pyridine rings is 3. The number of halogens is 2. The Labute approximate surface area is 377 Å². The number of carbonyl (C=O) groups is 3. The molecular formula is C50H37Cl2N9O3. The molecule has 0 atom stereocenters. The SMILES string of the molecule is C=Cc1ccc2nc(C(=O)Nc3ccccc3)cn2c1.O=C(Nc1ccccc1)c1cn2cc(-c3ccccc3)ccc2n1.O=C(Nc1ccccc1Cl)c1cn2cc(Cl)ccc2n1. The summed E-state index contributed by atoms with van der Waals surface area (Å²) in [6.45, 7) is 3.72. The molecular weight excluding hydrogens is 846 g/mol. The number of nitrogens with one attached hydrogen (secondary N) is 3. The highest BCUT2D eigenvalue weighted by atomic mass is 35.5. The zero-order chi connectivity index (χ0) is 44.4. The van der Waals surface area contributed by atoms with Crippen LogP contribution in [0.2, 0.25) is 10.0 Å². The smallest absolute Gasteiger partial charge is 0.275 e. The fourth-order valence-electron chi connectivity index (χ4n) is 6.40. The number of hydrogen-bond donors (Lipinski definition) is 3. The summed E-state index contributed by atoms with van der Waals surface area (Å²) in [6, 6.07) is 47.0. The van der Waals surface area contributed by atoms with Gasteiger partial charge in [0.2, 0.25) is 0 Å². The lowest BCUT2D eigenvalue weighted by Gasteiger charge is -2.04. The van der Waals surface area contributed by atoms with Crippen LogP contribution in [0.5, 0.6) is 0 Å². The second-order valence-electron chi connectivity index (χ2n) is 14.0. The Morgan fingerprint density at radius 2 is 0.906 bits per heavy atom. The summed E-state index contributed by atoms with van der Waals surface area (Å²) < 4.78 is 5.39. The zero-order valence-corrected chi connectivity index (χ0v) is 35.4. The topological polar surface area (TPSA) is 139 Å². The molecule has 0 radical (unpaired) electrons. The Bertz CT molecular complexity index is 3260. The molecule has 3 amide bonds. The van der Waals surface area contributed by atoms with Gasteiger partial charge < -0.3 is 29.2 Å². The summed E-state index contributed by atoms with van der Waals surface area (Å²) >= 11 is 11.9. The van der Waals surface area contributed by atoms with Gasteiger partial charge in [0, 0.05) is 48.6 Å². The van der Waals surface area contributed by atoms with E-state index in [2.05, 4.69) is 49.6 Å². The van der Waals surface area contributed by atoms with Gasteiger partial charge >= 0.3 is 0 Å². The van der Waals surface area contributed by atoms with Crippen molar-refractivity contribution in [1.82, 2.24) is 28.2 Å². The predicted molar refractivity (Wildman–Crippen MR) is 254 cm³/mol. The Morgan fingerprint density at radius 3 is 1.45 bits per heavy atom. The normalized spacial score (nSPS) is 10.6. The first kappa shape index (κ1) is 42.4. The number of anilines is 3. The van der Waals surface area contributed by atoms with E-state index in [1.165, 1.54) is 0 Å². The number of rotatable bonds is 8. The van der Waals surface area contributed by atoms with Gasteiger partial charge in [-0.2, -0.15) is 0 Å². The molecule has 3 N–H and O–H groups in total. The minimum Gasteiger partial charge on any atom is -0.321 e. The van der Waals surface area contributed by atoms with Gasteiger partial charge in [0.25, 0.3) is 17.7 Å². The van der Waals surface area contributed by atoms with Gasteiger partial charge in [0.1, 0.15) is 34.0 Å². The van der Waals surface area contributed by atoms with Crippen LogP contribution in [0.25, 0.3) is 34.1 Å². The van der Waals surface area contributed by atoms with Crippen LogP contribution in [0.3, 0.4) is 0 Å². The maximum absolute atomic E-state index is 12.4. The third-order valence-corrected chi connectivity index (χ3v) is 10.1. The minimum atomic E-state index is -0.321. The van der Waals surface area contributed by atoms with E-state index < -0.39 is 0 Å². The fourth-order valence-corrected chi connectivity index (χ4v) is 6.75. The van der Waals surface area contributed by atoms with Crippen molar-refractivity contribution in [2.75, 3.05) is 16.0 Å². The molecule has 14 heteroatoms. The summed E-state index contributed by atoms with van der Waals surface area (Å²) in [5.41, 5.74) is 8.44. The van der Waals surface area contributed by atoms with E-state index in [4.69, 9.17) is 23.2 Å². The largest absolute Gasteiger partial charge is 0.321 e. The third kappa shape index (κ3) is 10.4. The second kappa shape index (κ2) is 19.6. The minimum absolute atomic E-state index is 0.217. The van der Waals surface area contributed by atoms with Crippen molar-refractivity contribution < 1.29 is 14.4 Å². The Balaban J connectivity index is 0.000000132. The van der Waals surface area contributed by atoms with Crippen LogP contribution in [-0.2, 0) is 0 Å². The van der Waals surface area contributed by atoms with Crippen LogP contribution in [0.1, 0.15) is 37.0 Å². The van der Waals surface area contributed by atoms with E-state index in [1.54, 1.807) is 71.7 Å². The van der Waals surface area contributed by atoms with Crippen LogP contribution < -0.4 is 16.0 Å². The Hall–Kier alpha value is -8.32. The molecule has 0 unspecified atom stereocenters. The molecule has 0 fully saturated rings. The summed E-state index contributed by atoms with van der Waals surface area (Å²) in [4.78, 5) is 49.5. The van der Waals surface area contributed by atoms with Crippen molar-refractivity contribution in [3.8, 4) is 11.1 Å². The van der Waals surface area contributed by atoms with E-state index in [0.29, 0.717) is 38.5 Å². The van der Waals surface area contributed by atoms with Gasteiger partial charge in [-0.25, -0.2) is 15.0 Å². The van der Waals surface area contributed by atoms with Crippen molar-refractivity contribution in [2.24, 2.45) is 0 Å². The maximum Gasteiger partial charge on any atom is 0.275 e. The summed E-state index contributed by atoms with van der Waals surface area (Å²) in [7, 11) is 0. The van der Waals surface area contributed by atoms with Gasteiger partial charge in [-0.05, 0) is 89.5 Å². The molecule has 314 valence electrons. The highest BCUT2D eigenvalue weighted by Crippen LogP contribution is 2.23. The van der Waals surface area contributed by atoms with Crippen LogP contribution in [0.4, 0.5) is 17.1 Å². The van der Waals surface area contributed by atoms with Gasteiger partial charge in [-0.1, -0.05) is 115 Å². The standard InChI is InChI=1S/C20H15N3O.C16H13N3O.C14H9Cl2N3O/c24-20(21-17-9-5-2-6-10-17)18-14-23-13-16(11-12-19(23)22-18)15-7-3-1-4-8-15;1-2-12-8-9-15-18-14(11-19(15)10-12)16(20)17-13-6-4-3-5-7-13;15-9-5-6-13-17-12(8-19(13)7-9)14(20)18-11-4-2-1-3-10(11)16/h1-14H,(H,21,24);2-11H,1H2,(H,17,20);1-8H,(H,18,20). The van der Waals surface area contributed by atoms with E-state index in [0.717, 1.165) is 39.4 Å². The average Bonchev–Trinajstić information content (AvgIpc) is 4.08. The first-order chi connectivity index (χ1) is 31.2. The highest BCUT2D eigenvalue weighted by Gasteiger charge is 2.14. The van der Waals surface area contributed by atoms with E-state index in [9.17, 15) is 14.4 Å². The van der Waals surface area contributed by atoms with Crippen molar-refractivity contribution in [1.29, 1.82) is 0 Å². The van der Waals surface area contributed by atoms with Crippen LogP contribution in [-0.4, -0.2) is 45.9 Å². The lowest BCUT2D eigenvalue weighted by Crippen LogP contribution is -2.12. The number of para-hydroxylation sites is 3. The van der Waals surface area contributed by atoms with Crippen molar-refractivity contribution in [3.63, 3.8) is 0 Å². The number of aromatic nitrogens is 6. The molecule has 6 aromatic heterocycles. The number of hydrogen-bond acceptors (Lipinski definition) is 6. The Kier molecular flexibility index (Phi) is 13.0. The van der Waals surface area contributed by atoms with E-state index in [1.807, 2.05) is 124 Å². The predicted octanol–water partition coefficient (Wildman–Crippen LogP) is 11.4. The fraction of sp³-hybridized carbons (Fsp3) is 0. The zero-order valence-electron chi connectivity index (χ0n) is 33.8. The molecule has 6 heterocycles.